The molecule has 3 nitrogen and oxygen atoms in total. The molecule has 0 bridgehead atoms. The standard InChI is InChI=1S/C18H30N2O/c1-13-11-19-18(8-6-5-7-9-18)12-20(13)15(3)17-10-14(2)21-16(17)4/h10,13,15,19H,5-9,11-12H2,1-4H3. The molecule has 2 fully saturated rings. The van der Waals surface area contributed by atoms with Crippen molar-refractivity contribution in [1.29, 1.82) is 0 Å². The average Bonchev–Trinajstić information content (AvgIpc) is 2.81. The first kappa shape index (κ1) is 15.1. The number of furan rings is 1. The highest BCUT2D eigenvalue weighted by Gasteiger charge is 2.40. The zero-order chi connectivity index (χ0) is 15.0. The van der Waals surface area contributed by atoms with Crippen LogP contribution in [0.1, 0.15) is 69.1 Å². The summed E-state index contributed by atoms with van der Waals surface area (Å²) in [5, 5.41) is 3.88. The smallest absolute Gasteiger partial charge is 0.105 e. The third kappa shape index (κ3) is 2.91. The van der Waals surface area contributed by atoms with Crippen molar-refractivity contribution in [3.8, 4) is 0 Å². The van der Waals surface area contributed by atoms with Gasteiger partial charge in [-0.3, -0.25) is 4.90 Å². The van der Waals surface area contributed by atoms with Crippen LogP contribution in [0.25, 0.3) is 0 Å². The van der Waals surface area contributed by atoms with Gasteiger partial charge in [0.05, 0.1) is 0 Å². The molecule has 2 atom stereocenters. The summed E-state index contributed by atoms with van der Waals surface area (Å²) in [6.45, 7) is 11.1. The predicted octanol–water partition coefficient (Wildman–Crippen LogP) is 3.95. The monoisotopic (exact) mass is 290 g/mol. The number of hydrogen-bond acceptors (Lipinski definition) is 3. The van der Waals surface area contributed by atoms with E-state index in [2.05, 4.69) is 37.1 Å². The lowest BCUT2D eigenvalue weighted by atomic mass is 9.79. The molecular formula is C18H30N2O. The van der Waals surface area contributed by atoms with E-state index in [1.165, 1.54) is 44.2 Å². The van der Waals surface area contributed by atoms with Crippen molar-refractivity contribution in [2.45, 2.75) is 77.4 Å². The Labute approximate surface area is 129 Å². The molecule has 2 heterocycles. The maximum atomic E-state index is 5.76. The molecular weight excluding hydrogens is 260 g/mol. The van der Waals surface area contributed by atoms with Crippen molar-refractivity contribution in [3.05, 3.63) is 23.2 Å². The fourth-order valence-corrected chi connectivity index (χ4v) is 4.37. The van der Waals surface area contributed by atoms with Crippen LogP contribution in [0, 0.1) is 13.8 Å². The van der Waals surface area contributed by atoms with Crippen LogP contribution in [0.5, 0.6) is 0 Å². The van der Waals surface area contributed by atoms with E-state index in [1.54, 1.807) is 0 Å². The molecule has 3 heteroatoms. The van der Waals surface area contributed by atoms with Crippen molar-refractivity contribution in [1.82, 2.24) is 10.2 Å². The van der Waals surface area contributed by atoms with Crippen molar-refractivity contribution >= 4 is 0 Å². The third-order valence-corrected chi connectivity index (χ3v) is 5.66. The zero-order valence-electron chi connectivity index (χ0n) is 14.0. The lowest BCUT2D eigenvalue weighted by molar-refractivity contribution is 0.0351. The van der Waals surface area contributed by atoms with Crippen LogP contribution in [0.3, 0.4) is 0 Å². The molecule has 2 unspecified atom stereocenters. The molecule has 118 valence electrons. The van der Waals surface area contributed by atoms with Crippen molar-refractivity contribution in [2.24, 2.45) is 0 Å². The second-order valence-corrected chi connectivity index (χ2v) is 7.29. The quantitative estimate of drug-likeness (QED) is 0.894. The minimum atomic E-state index is 0.367. The number of piperazine rings is 1. The number of nitrogens with zero attached hydrogens (tertiary/aromatic N) is 1. The molecule has 21 heavy (non-hydrogen) atoms. The Morgan fingerprint density at radius 2 is 2.00 bits per heavy atom. The minimum Gasteiger partial charge on any atom is -0.466 e. The van der Waals surface area contributed by atoms with E-state index in [0.29, 0.717) is 17.6 Å². The Morgan fingerprint density at radius 1 is 1.29 bits per heavy atom. The number of rotatable bonds is 2. The molecule has 1 aliphatic carbocycles. The SMILES string of the molecule is Cc1cc(C(C)N2CC3(CCCCC3)NCC2C)c(C)o1. The topological polar surface area (TPSA) is 28.4 Å². The summed E-state index contributed by atoms with van der Waals surface area (Å²) in [6, 6.07) is 3.25. The number of hydrogen-bond donors (Lipinski definition) is 1. The molecule has 0 amide bonds. The average molecular weight is 290 g/mol. The van der Waals surface area contributed by atoms with Gasteiger partial charge in [0.1, 0.15) is 11.5 Å². The summed E-state index contributed by atoms with van der Waals surface area (Å²) in [5.74, 6) is 2.12. The first-order valence-corrected chi connectivity index (χ1v) is 8.58. The highest BCUT2D eigenvalue weighted by Crippen LogP contribution is 2.36. The molecule has 1 saturated carbocycles. The van der Waals surface area contributed by atoms with E-state index in [0.717, 1.165) is 18.1 Å². The molecule has 1 N–H and O–H groups in total. The molecule has 2 aliphatic rings. The van der Waals surface area contributed by atoms with Gasteiger partial charge in [0, 0.05) is 36.3 Å². The largest absolute Gasteiger partial charge is 0.466 e. The highest BCUT2D eigenvalue weighted by molar-refractivity contribution is 5.24. The van der Waals surface area contributed by atoms with Gasteiger partial charge in [-0.25, -0.2) is 0 Å². The van der Waals surface area contributed by atoms with Crippen molar-refractivity contribution in [3.63, 3.8) is 0 Å². The van der Waals surface area contributed by atoms with Crippen LogP contribution in [-0.2, 0) is 0 Å². The predicted molar refractivity (Wildman–Crippen MR) is 86.6 cm³/mol. The van der Waals surface area contributed by atoms with Gasteiger partial charge in [-0.05, 0) is 46.6 Å². The summed E-state index contributed by atoms with van der Waals surface area (Å²) in [6.07, 6.45) is 6.86. The maximum absolute atomic E-state index is 5.76. The normalized spacial score (nSPS) is 27.9. The first-order chi connectivity index (χ1) is 10.0. The maximum Gasteiger partial charge on any atom is 0.105 e. The summed E-state index contributed by atoms with van der Waals surface area (Å²) in [4.78, 5) is 2.69. The summed E-state index contributed by atoms with van der Waals surface area (Å²) in [7, 11) is 0. The van der Waals surface area contributed by atoms with Crippen LogP contribution < -0.4 is 5.32 Å². The van der Waals surface area contributed by atoms with Gasteiger partial charge in [0.2, 0.25) is 0 Å². The first-order valence-electron chi connectivity index (χ1n) is 8.58. The fraction of sp³-hybridized carbons (Fsp3) is 0.778. The van der Waals surface area contributed by atoms with Gasteiger partial charge in [-0.1, -0.05) is 19.3 Å². The van der Waals surface area contributed by atoms with Crippen LogP contribution in [0.2, 0.25) is 0 Å². The molecule has 1 aromatic rings. The van der Waals surface area contributed by atoms with Gasteiger partial charge in [0.25, 0.3) is 0 Å². The molecule has 1 saturated heterocycles. The van der Waals surface area contributed by atoms with E-state index >= 15 is 0 Å². The molecule has 0 radical (unpaired) electrons. The molecule has 1 spiro atoms. The Hall–Kier alpha value is -0.800. The Bertz CT molecular complexity index is 487. The van der Waals surface area contributed by atoms with E-state index in [4.69, 9.17) is 4.42 Å². The summed E-state index contributed by atoms with van der Waals surface area (Å²) in [5.41, 5.74) is 1.73. The summed E-state index contributed by atoms with van der Waals surface area (Å²) >= 11 is 0. The van der Waals surface area contributed by atoms with Gasteiger partial charge >= 0.3 is 0 Å². The van der Waals surface area contributed by atoms with Gasteiger partial charge < -0.3 is 9.73 Å². The van der Waals surface area contributed by atoms with Crippen LogP contribution in [0.4, 0.5) is 0 Å². The second kappa shape index (κ2) is 5.77. The molecule has 0 aromatic carbocycles. The van der Waals surface area contributed by atoms with Crippen LogP contribution in [0.15, 0.2) is 10.5 Å². The van der Waals surface area contributed by atoms with Crippen molar-refractivity contribution in [2.75, 3.05) is 13.1 Å². The Balaban J connectivity index is 1.80. The second-order valence-electron chi connectivity index (χ2n) is 7.29. The van der Waals surface area contributed by atoms with Crippen LogP contribution >= 0.6 is 0 Å². The molecule has 1 aliphatic heterocycles. The molecule has 3 rings (SSSR count). The lowest BCUT2D eigenvalue weighted by Gasteiger charge is -2.50. The van der Waals surface area contributed by atoms with E-state index in [9.17, 15) is 0 Å². The Morgan fingerprint density at radius 3 is 2.62 bits per heavy atom. The van der Waals surface area contributed by atoms with E-state index in [-0.39, 0.29) is 0 Å². The fourth-order valence-electron chi connectivity index (χ4n) is 4.37. The highest BCUT2D eigenvalue weighted by atomic mass is 16.3. The zero-order valence-corrected chi connectivity index (χ0v) is 14.0. The van der Waals surface area contributed by atoms with Crippen LogP contribution in [-0.4, -0.2) is 29.6 Å². The van der Waals surface area contributed by atoms with Gasteiger partial charge in [-0.15, -0.1) is 0 Å². The Kier molecular flexibility index (Phi) is 4.15. The van der Waals surface area contributed by atoms with E-state index in [1.807, 2.05) is 6.92 Å². The summed E-state index contributed by atoms with van der Waals surface area (Å²) < 4.78 is 5.76. The molecule has 1 aromatic heterocycles. The van der Waals surface area contributed by atoms with Gasteiger partial charge in [-0.2, -0.15) is 0 Å². The third-order valence-electron chi connectivity index (χ3n) is 5.66. The van der Waals surface area contributed by atoms with Gasteiger partial charge in [0.15, 0.2) is 0 Å². The number of aryl methyl sites for hydroxylation is 2. The lowest BCUT2D eigenvalue weighted by Crippen LogP contribution is -2.64. The minimum absolute atomic E-state index is 0.367. The number of nitrogens with one attached hydrogen (secondary N) is 1. The van der Waals surface area contributed by atoms with E-state index < -0.39 is 0 Å². The van der Waals surface area contributed by atoms with Crippen molar-refractivity contribution < 1.29 is 4.42 Å².